The van der Waals surface area contributed by atoms with Gasteiger partial charge in [0.15, 0.2) is 0 Å². The minimum absolute atomic E-state index is 0. The zero-order chi connectivity index (χ0) is 22.3. The van der Waals surface area contributed by atoms with E-state index in [1.54, 1.807) is 0 Å². The summed E-state index contributed by atoms with van der Waals surface area (Å²) in [5.41, 5.74) is 0. The molecule has 0 radical (unpaired) electrons. The van der Waals surface area contributed by atoms with Gasteiger partial charge in [0.2, 0.25) is 0 Å². The molecule has 0 aromatic rings. The standard InChI is InChI=1S/C10H10F13O3P.2H3N/c11-5(12,1-2-27(24,25)26)3-6(13,14)4-7(15,16)8(17,18)9(19,20)10(21,22)23;;/h1-4H2,(H2,24,25,26);2*1H3. The molecule has 8 N–H and O–H groups in total. The Hall–Kier alpha value is -0.840. The smallest absolute Gasteiger partial charge is 0.460 e. The van der Waals surface area contributed by atoms with Crippen molar-refractivity contribution in [2.75, 3.05) is 6.16 Å². The van der Waals surface area contributed by atoms with Crippen molar-refractivity contribution in [3.8, 4) is 0 Å². The van der Waals surface area contributed by atoms with E-state index in [0.717, 1.165) is 0 Å². The highest BCUT2D eigenvalue weighted by Gasteiger charge is 2.82. The van der Waals surface area contributed by atoms with Crippen molar-refractivity contribution in [1.82, 2.24) is 12.3 Å². The minimum atomic E-state index is -7.47. The quantitative estimate of drug-likeness (QED) is 0.362. The van der Waals surface area contributed by atoms with E-state index >= 15 is 0 Å². The van der Waals surface area contributed by atoms with E-state index in [-0.39, 0.29) is 12.3 Å². The van der Waals surface area contributed by atoms with Gasteiger partial charge in [0.1, 0.15) is 0 Å². The molecule has 5 nitrogen and oxygen atoms in total. The fourth-order valence-electron chi connectivity index (χ4n) is 1.67. The van der Waals surface area contributed by atoms with Gasteiger partial charge in [0.05, 0.1) is 12.8 Å². The minimum Gasteiger partial charge on any atom is -0.811 e. The molecule has 0 saturated carbocycles. The zero-order valence-electron chi connectivity index (χ0n) is 14.4. The van der Waals surface area contributed by atoms with Crippen LogP contribution in [-0.2, 0) is 4.57 Å². The van der Waals surface area contributed by atoms with Gasteiger partial charge in [-0.2, -0.15) is 39.5 Å². The summed E-state index contributed by atoms with van der Waals surface area (Å²) in [6.07, 6.45) is -18.3. The van der Waals surface area contributed by atoms with Crippen LogP contribution in [0.25, 0.3) is 0 Å². The lowest BCUT2D eigenvalue weighted by Crippen LogP contribution is -2.62. The van der Waals surface area contributed by atoms with E-state index in [2.05, 4.69) is 0 Å². The van der Waals surface area contributed by atoms with Crippen LogP contribution in [0.5, 0.6) is 0 Å². The Morgan fingerprint density at radius 1 is 0.621 bits per heavy atom. The maximum absolute atomic E-state index is 13.2. The monoisotopic (exact) mass is 490 g/mol. The van der Waals surface area contributed by atoms with Crippen LogP contribution in [0.1, 0.15) is 19.3 Å². The first-order chi connectivity index (χ1) is 11.4. The number of rotatable bonds is 9. The maximum Gasteiger partial charge on any atom is 0.460 e. The van der Waals surface area contributed by atoms with Gasteiger partial charge in [-0.3, -0.25) is 0 Å². The molecule has 0 saturated heterocycles. The molecule has 0 aliphatic carbocycles. The molecule has 0 aromatic heterocycles. The lowest BCUT2D eigenvalue weighted by Gasteiger charge is -2.36. The Morgan fingerprint density at radius 3 is 1.31 bits per heavy atom. The first-order valence-electron chi connectivity index (χ1n) is 6.34. The number of hydrogen-bond acceptors (Lipinski definition) is 3. The number of quaternary nitrogens is 2. The molecule has 0 fully saturated rings. The summed E-state index contributed by atoms with van der Waals surface area (Å²) in [4.78, 5) is 20.3. The third-order valence-electron chi connectivity index (χ3n) is 2.96. The van der Waals surface area contributed by atoms with E-state index < -0.39 is 68.8 Å². The van der Waals surface area contributed by atoms with Crippen LogP contribution in [0.2, 0.25) is 0 Å². The first kappa shape index (κ1) is 32.8. The molecular weight excluding hydrogens is 474 g/mol. The zero-order valence-corrected chi connectivity index (χ0v) is 15.3. The van der Waals surface area contributed by atoms with Crippen molar-refractivity contribution in [3.63, 3.8) is 0 Å². The SMILES string of the molecule is O=P([O-])([O-])CCC(F)(F)CC(F)(F)CC(F)(F)C(F)(F)C(F)(F)C(F)(F)F.[NH4+].[NH4+]. The maximum atomic E-state index is 13.2. The Balaban J connectivity index is -0.00000338. The molecule has 0 aliphatic heterocycles. The van der Waals surface area contributed by atoms with Gasteiger partial charge in [0.25, 0.3) is 11.8 Å². The van der Waals surface area contributed by atoms with Crippen molar-refractivity contribution in [2.45, 2.75) is 55.1 Å². The van der Waals surface area contributed by atoms with E-state index in [4.69, 9.17) is 0 Å². The molecule has 0 heterocycles. The van der Waals surface area contributed by atoms with Gasteiger partial charge in [0, 0.05) is 6.42 Å². The van der Waals surface area contributed by atoms with Gasteiger partial charge in [-0.25, -0.2) is 17.6 Å². The average molecular weight is 490 g/mol. The first-order valence-corrected chi connectivity index (χ1v) is 8.07. The second-order valence-electron chi connectivity index (χ2n) is 5.50. The summed E-state index contributed by atoms with van der Waals surface area (Å²) < 4.78 is 175. The molecule has 180 valence electrons. The topological polar surface area (TPSA) is 136 Å². The molecule has 0 bridgehead atoms. The summed E-state index contributed by atoms with van der Waals surface area (Å²) in [5.74, 6) is -32.2. The van der Waals surface area contributed by atoms with Crippen LogP contribution in [0, 0.1) is 0 Å². The highest BCUT2D eigenvalue weighted by Crippen LogP contribution is 2.56. The van der Waals surface area contributed by atoms with E-state index in [9.17, 15) is 71.4 Å². The van der Waals surface area contributed by atoms with Crippen LogP contribution in [0.3, 0.4) is 0 Å². The Labute approximate surface area is 153 Å². The third kappa shape index (κ3) is 8.43. The molecule has 0 aromatic carbocycles. The van der Waals surface area contributed by atoms with Gasteiger partial charge in [-0.15, -0.1) is 0 Å². The lowest BCUT2D eigenvalue weighted by atomic mass is 9.94. The van der Waals surface area contributed by atoms with Crippen molar-refractivity contribution in [1.29, 1.82) is 0 Å². The highest BCUT2D eigenvalue weighted by atomic mass is 31.2. The van der Waals surface area contributed by atoms with Gasteiger partial charge in [-0.1, -0.05) is 7.60 Å². The number of halogens is 13. The molecule has 0 rings (SSSR count). The molecule has 29 heavy (non-hydrogen) atoms. The fraction of sp³-hybridized carbons (Fsp3) is 1.00. The normalized spacial score (nSPS) is 14.9. The lowest BCUT2D eigenvalue weighted by molar-refractivity contribution is -0.401. The Morgan fingerprint density at radius 2 is 1.00 bits per heavy atom. The predicted octanol–water partition coefficient (Wildman–Crippen LogP) is 4.56. The van der Waals surface area contributed by atoms with Crippen molar-refractivity contribution < 1.29 is 71.4 Å². The summed E-state index contributed by atoms with van der Waals surface area (Å²) >= 11 is 0. The van der Waals surface area contributed by atoms with Gasteiger partial charge in [-0.05, 0) is 6.16 Å². The second kappa shape index (κ2) is 9.11. The summed E-state index contributed by atoms with van der Waals surface area (Å²) in [7, 11) is -5.65. The van der Waals surface area contributed by atoms with Crippen LogP contribution < -0.4 is 22.1 Å². The fourth-order valence-corrected chi connectivity index (χ4v) is 2.27. The van der Waals surface area contributed by atoms with Crippen molar-refractivity contribution in [2.24, 2.45) is 0 Å². The molecule has 0 unspecified atom stereocenters. The molecule has 0 amide bonds. The third-order valence-corrected chi connectivity index (χ3v) is 3.73. The van der Waals surface area contributed by atoms with E-state index in [1.165, 1.54) is 0 Å². The van der Waals surface area contributed by atoms with Crippen LogP contribution in [-0.4, -0.2) is 42.0 Å². The Bertz CT molecular complexity index is 576. The average Bonchev–Trinajstić information content (AvgIpc) is 2.31. The van der Waals surface area contributed by atoms with E-state index in [1.807, 2.05) is 0 Å². The van der Waals surface area contributed by atoms with Crippen molar-refractivity contribution in [3.05, 3.63) is 0 Å². The van der Waals surface area contributed by atoms with Gasteiger partial charge < -0.3 is 26.7 Å². The molecule has 19 heteroatoms. The largest absolute Gasteiger partial charge is 0.811 e. The van der Waals surface area contributed by atoms with Gasteiger partial charge >= 0.3 is 23.9 Å². The molecule has 0 atom stereocenters. The van der Waals surface area contributed by atoms with E-state index in [0.29, 0.717) is 0 Å². The van der Waals surface area contributed by atoms with Crippen LogP contribution in [0.15, 0.2) is 0 Å². The summed E-state index contributed by atoms with van der Waals surface area (Å²) in [6, 6.07) is 0. The summed E-state index contributed by atoms with van der Waals surface area (Å²) in [5, 5.41) is 0. The Kier molecular flexibility index (Phi) is 10.3. The van der Waals surface area contributed by atoms with Crippen LogP contribution >= 0.6 is 7.60 Å². The molecule has 0 aliphatic rings. The second-order valence-corrected chi connectivity index (χ2v) is 7.17. The highest BCUT2D eigenvalue weighted by molar-refractivity contribution is 7.48. The van der Waals surface area contributed by atoms with Crippen molar-refractivity contribution >= 4 is 7.60 Å². The predicted molar refractivity (Wildman–Crippen MR) is 69.1 cm³/mol. The molecular formula is C10H16F13N2O3P. The van der Waals surface area contributed by atoms with Crippen LogP contribution in [0.4, 0.5) is 57.1 Å². The molecule has 0 spiro atoms. The summed E-state index contributed by atoms with van der Waals surface area (Å²) in [6.45, 7) is 0. The number of alkyl halides is 13. The number of hydrogen-bond donors (Lipinski definition) is 2.